The molecule has 14 heavy (non-hydrogen) atoms. The average Bonchev–Trinajstić information content (AvgIpc) is 2.08. The summed E-state index contributed by atoms with van der Waals surface area (Å²) in [4.78, 5) is 11.5. The van der Waals surface area contributed by atoms with Crippen LogP contribution in [0.15, 0.2) is 11.6 Å². The number of carbonyl (C=O) groups is 1. The van der Waals surface area contributed by atoms with Gasteiger partial charge in [-0.05, 0) is 36.2 Å². The summed E-state index contributed by atoms with van der Waals surface area (Å²) in [6.45, 7) is 6.91. The van der Waals surface area contributed by atoms with E-state index in [1.807, 2.05) is 6.08 Å². The normalized spacial score (nSPS) is 36.2. The van der Waals surface area contributed by atoms with E-state index in [-0.39, 0.29) is 5.41 Å². The Balaban J connectivity index is 2.43. The third-order valence-electron chi connectivity index (χ3n) is 4.14. The Morgan fingerprint density at radius 1 is 1.14 bits per heavy atom. The fraction of sp³-hybridized carbons (Fsp3) is 0.769. The van der Waals surface area contributed by atoms with Crippen LogP contribution in [-0.2, 0) is 4.79 Å². The second-order valence-electron chi connectivity index (χ2n) is 5.82. The van der Waals surface area contributed by atoms with Gasteiger partial charge in [-0.2, -0.15) is 0 Å². The average molecular weight is 192 g/mol. The molecule has 0 aromatic heterocycles. The van der Waals surface area contributed by atoms with Crippen LogP contribution in [0.3, 0.4) is 0 Å². The Morgan fingerprint density at radius 2 is 1.86 bits per heavy atom. The lowest BCUT2D eigenvalue weighted by Crippen LogP contribution is -2.37. The van der Waals surface area contributed by atoms with Gasteiger partial charge in [0.05, 0.1) is 0 Å². The lowest BCUT2D eigenvalue weighted by atomic mass is 9.57. The lowest BCUT2D eigenvalue weighted by molar-refractivity contribution is -0.116. The van der Waals surface area contributed by atoms with Crippen LogP contribution in [0.25, 0.3) is 0 Å². The molecule has 1 saturated carbocycles. The van der Waals surface area contributed by atoms with E-state index in [0.717, 1.165) is 12.8 Å². The van der Waals surface area contributed by atoms with Crippen LogP contribution < -0.4 is 0 Å². The summed E-state index contributed by atoms with van der Waals surface area (Å²) in [5.74, 6) is 0.340. The summed E-state index contributed by atoms with van der Waals surface area (Å²) in [7, 11) is 0. The van der Waals surface area contributed by atoms with Crippen molar-refractivity contribution in [2.45, 2.75) is 52.9 Å². The van der Waals surface area contributed by atoms with Gasteiger partial charge in [-0.3, -0.25) is 4.79 Å². The highest BCUT2D eigenvalue weighted by Gasteiger charge is 2.43. The van der Waals surface area contributed by atoms with Crippen LogP contribution in [0.4, 0.5) is 0 Å². The molecule has 1 atom stereocenters. The highest BCUT2D eigenvalue weighted by Crippen LogP contribution is 2.54. The molecule has 2 aliphatic carbocycles. The summed E-state index contributed by atoms with van der Waals surface area (Å²) in [6, 6.07) is 0. The van der Waals surface area contributed by atoms with Crippen LogP contribution in [0.5, 0.6) is 0 Å². The molecule has 78 valence electrons. The highest BCUT2D eigenvalue weighted by molar-refractivity contribution is 5.91. The Hall–Kier alpha value is -0.590. The van der Waals surface area contributed by atoms with E-state index in [2.05, 4.69) is 20.8 Å². The largest absolute Gasteiger partial charge is 0.295 e. The molecule has 0 aromatic carbocycles. The zero-order valence-corrected chi connectivity index (χ0v) is 9.52. The SMILES string of the molecule is CC1(C)CCCC2(C)CCC(=O)C=C12. The predicted molar refractivity (Wildman–Crippen MR) is 58.1 cm³/mol. The Labute approximate surface area is 86.6 Å². The van der Waals surface area contributed by atoms with Crippen molar-refractivity contribution in [3.05, 3.63) is 11.6 Å². The minimum Gasteiger partial charge on any atom is -0.295 e. The van der Waals surface area contributed by atoms with Gasteiger partial charge in [0.15, 0.2) is 5.78 Å². The molecule has 0 radical (unpaired) electrons. The van der Waals surface area contributed by atoms with E-state index < -0.39 is 0 Å². The van der Waals surface area contributed by atoms with Crippen molar-refractivity contribution in [3.8, 4) is 0 Å². The maximum atomic E-state index is 11.5. The first-order valence-electron chi connectivity index (χ1n) is 5.70. The molecule has 1 heteroatoms. The zero-order chi connectivity index (χ0) is 10.4. The highest BCUT2D eigenvalue weighted by atomic mass is 16.1. The van der Waals surface area contributed by atoms with Gasteiger partial charge in [0.25, 0.3) is 0 Å². The fourth-order valence-electron chi connectivity index (χ4n) is 3.27. The number of carbonyl (C=O) groups excluding carboxylic acids is 1. The monoisotopic (exact) mass is 192 g/mol. The Morgan fingerprint density at radius 3 is 2.57 bits per heavy atom. The first-order chi connectivity index (χ1) is 6.44. The van der Waals surface area contributed by atoms with Crippen molar-refractivity contribution in [1.82, 2.24) is 0 Å². The van der Waals surface area contributed by atoms with Crippen molar-refractivity contribution < 1.29 is 4.79 Å². The second kappa shape index (κ2) is 2.95. The van der Waals surface area contributed by atoms with Crippen molar-refractivity contribution in [2.24, 2.45) is 10.8 Å². The molecule has 0 N–H and O–H groups in total. The number of rotatable bonds is 0. The number of ketones is 1. The van der Waals surface area contributed by atoms with E-state index in [1.54, 1.807) is 0 Å². The van der Waals surface area contributed by atoms with Crippen LogP contribution in [0.2, 0.25) is 0 Å². The van der Waals surface area contributed by atoms with Crippen LogP contribution in [0.1, 0.15) is 52.9 Å². The number of hydrogen-bond acceptors (Lipinski definition) is 1. The van der Waals surface area contributed by atoms with Gasteiger partial charge in [0, 0.05) is 6.42 Å². The molecule has 1 unspecified atom stereocenters. The molecular weight excluding hydrogens is 172 g/mol. The smallest absolute Gasteiger partial charge is 0.155 e. The minimum atomic E-state index is 0.253. The van der Waals surface area contributed by atoms with Gasteiger partial charge >= 0.3 is 0 Å². The van der Waals surface area contributed by atoms with Crippen molar-refractivity contribution >= 4 is 5.78 Å². The van der Waals surface area contributed by atoms with Crippen LogP contribution >= 0.6 is 0 Å². The van der Waals surface area contributed by atoms with E-state index in [0.29, 0.717) is 11.2 Å². The van der Waals surface area contributed by atoms with Gasteiger partial charge in [-0.1, -0.05) is 32.8 Å². The molecule has 1 nitrogen and oxygen atoms in total. The standard InChI is InChI=1S/C13H20O/c1-12(2)6-4-7-13(3)8-5-10(14)9-11(12)13/h9H,4-8H2,1-3H3. The molecule has 0 heterocycles. The summed E-state index contributed by atoms with van der Waals surface area (Å²) in [6.07, 6.45) is 7.60. The van der Waals surface area contributed by atoms with E-state index in [9.17, 15) is 4.79 Å². The van der Waals surface area contributed by atoms with Gasteiger partial charge in [0.1, 0.15) is 0 Å². The summed E-state index contributed by atoms with van der Waals surface area (Å²) >= 11 is 0. The van der Waals surface area contributed by atoms with Gasteiger partial charge in [-0.15, -0.1) is 0 Å². The fourth-order valence-corrected chi connectivity index (χ4v) is 3.27. The Kier molecular flexibility index (Phi) is 2.09. The third-order valence-corrected chi connectivity index (χ3v) is 4.14. The van der Waals surface area contributed by atoms with Crippen LogP contribution in [0, 0.1) is 10.8 Å². The summed E-state index contributed by atoms with van der Waals surface area (Å²) < 4.78 is 0. The first-order valence-corrected chi connectivity index (χ1v) is 5.70. The van der Waals surface area contributed by atoms with E-state index in [1.165, 1.54) is 24.8 Å². The predicted octanol–water partition coefficient (Wildman–Crippen LogP) is 3.49. The van der Waals surface area contributed by atoms with E-state index in [4.69, 9.17) is 0 Å². The van der Waals surface area contributed by atoms with Gasteiger partial charge in [-0.25, -0.2) is 0 Å². The summed E-state index contributed by atoms with van der Waals surface area (Å²) in [5.41, 5.74) is 2.01. The lowest BCUT2D eigenvalue weighted by Gasteiger charge is -2.47. The van der Waals surface area contributed by atoms with Crippen molar-refractivity contribution in [1.29, 1.82) is 0 Å². The van der Waals surface area contributed by atoms with Crippen molar-refractivity contribution in [2.75, 3.05) is 0 Å². The molecular formula is C13H20O. The second-order valence-corrected chi connectivity index (χ2v) is 5.82. The molecule has 0 amide bonds. The molecule has 2 rings (SSSR count). The van der Waals surface area contributed by atoms with Gasteiger partial charge in [0.2, 0.25) is 0 Å². The maximum absolute atomic E-state index is 11.5. The maximum Gasteiger partial charge on any atom is 0.155 e. The molecule has 0 saturated heterocycles. The van der Waals surface area contributed by atoms with Gasteiger partial charge < -0.3 is 0 Å². The zero-order valence-electron chi connectivity index (χ0n) is 9.52. The topological polar surface area (TPSA) is 17.1 Å². The number of allylic oxidation sites excluding steroid dienone is 2. The molecule has 2 aliphatic rings. The summed E-state index contributed by atoms with van der Waals surface area (Å²) in [5, 5.41) is 0. The quantitative estimate of drug-likeness (QED) is 0.574. The molecule has 0 aliphatic heterocycles. The number of fused-ring (bicyclic) bond motifs is 1. The number of hydrogen-bond donors (Lipinski definition) is 0. The first kappa shape index (κ1) is 9.95. The molecule has 0 bridgehead atoms. The molecule has 1 fully saturated rings. The van der Waals surface area contributed by atoms with Crippen LogP contribution in [-0.4, -0.2) is 5.78 Å². The Bertz CT molecular complexity index is 298. The molecule has 0 aromatic rings. The van der Waals surface area contributed by atoms with Crippen molar-refractivity contribution in [3.63, 3.8) is 0 Å². The third kappa shape index (κ3) is 1.43. The van der Waals surface area contributed by atoms with E-state index >= 15 is 0 Å². The molecule has 0 spiro atoms. The minimum absolute atomic E-state index is 0.253.